The van der Waals surface area contributed by atoms with E-state index < -0.39 is 17.7 Å². The van der Waals surface area contributed by atoms with Gasteiger partial charge < -0.3 is 9.84 Å². The van der Waals surface area contributed by atoms with Crippen molar-refractivity contribution in [3.05, 3.63) is 64.7 Å². The van der Waals surface area contributed by atoms with E-state index in [9.17, 15) is 13.9 Å². The standard InChI is InChI=1S/C15H13ClF2O2/c16-10-4-6-12(7-5-10)20-9-11(19)8-13-14(17)2-1-3-15(13)18/h1-7,11,19H,8-9H2. The minimum Gasteiger partial charge on any atom is -0.491 e. The van der Waals surface area contributed by atoms with Crippen LogP contribution in [0.5, 0.6) is 5.75 Å². The van der Waals surface area contributed by atoms with Gasteiger partial charge in [-0.2, -0.15) is 0 Å². The van der Waals surface area contributed by atoms with Gasteiger partial charge in [0, 0.05) is 17.0 Å². The SMILES string of the molecule is OC(COc1ccc(Cl)cc1)Cc1c(F)cccc1F. The summed E-state index contributed by atoms with van der Waals surface area (Å²) in [6, 6.07) is 10.2. The average molecular weight is 299 g/mol. The highest BCUT2D eigenvalue weighted by atomic mass is 35.5. The second kappa shape index (κ2) is 6.68. The molecule has 2 aromatic carbocycles. The lowest BCUT2D eigenvalue weighted by molar-refractivity contribution is 0.106. The lowest BCUT2D eigenvalue weighted by atomic mass is 10.1. The first-order valence-corrected chi connectivity index (χ1v) is 6.43. The van der Waals surface area contributed by atoms with Crippen molar-refractivity contribution in [2.75, 3.05) is 6.61 Å². The second-order valence-corrected chi connectivity index (χ2v) is 4.76. The molecule has 2 nitrogen and oxygen atoms in total. The van der Waals surface area contributed by atoms with Crippen LogP contribution in [0.25, 0.3) is 0 Å². The number of benzene rings is 2. The van der Waals surface area contributed by atoms with Crippen LogP contribution in [-0.2, 0) is 6.42 Å². The molecule has 0 aliphatic carbocycles. The molecule has 0 aliphatic heterocycles. The molecule has 0 radical (unpaired) electrons. The molecule has 0 aromatic heterocycles. The van der Waals surface area contributed by atoms with Gasteiger partial charge in [-0.15, -0.1) is 0 Å². The van der Waals surface area contributed by atoms with Crippen LogP contribution in [0.2, 0.25) is 5.02 Å². The van der Waals surface area contributed by atoms with Crippen molar-refractivity contribution in [1.29, 1.82) is 0 Å². The third kappa shape index (κ3) is 3.92. The Kier molecular flexibility index (Phi) is 4.93. The van der Waals surface area contributed by atoms with Gasteiger partial charge in [0.05, 0.1) is 6.10 Å². The third-order valence-electron chi connectivity index (χ3n) is 2.76. The molecular formula is C15H13ClF2O2. The molecule has 0 spiro atoms. The molecule has 5 heteroatoms. The van der Waals surface area contributed by atoms with E-state index in [2.05, 4.69) is 0 Å². The van der Waals surface area contributed by atoms with E-state index in [1.807, 2.05) is 0 Å². The Balaban J connectivity index is 1.92. The molecule has 0 fully saturated rings. The van der Waals surface area contributed by atoms with Gasteiger partial charge in [0.1, 0.15) is 24.0 Å². The Morgan fingerprint density at radius 1 is 1.05 bits per heavy atom. The van der Waals surface area contributed by atoms with Gasteiger partial charge in [0.2, 0.25) is 0 Å². The number of hydrogen-bond acceptors (Lipinski definition) is 2. The Labute approximate surface area is 120 Å². The Bertz CT molecular complexity index is 552. The fourth-order valence-corrected chi connectivity index (χ4v) is 1.87. The Morgan fingerprint density at radius 3 is 2.25 bits per heavy atom. The largest absolute Gasteiger partial charge is 0.491 e. The highest BCUT2D eigenvalue weighted by Gasteiger charge is 2.14. The van der Waals surface area contributed by atoms with Gasteiger partial charge in [-0.05, 0) is 36.4 Å². The summed E-state index contributed by atoms with van der Waals surface area (Å²) in [6.45, 7) is -0.0601. The molecule has 1 atom stereocenters. The topological polar surface area (TPSA) is 29.5 Å². The van der Waals surface area contributed by atoms with E-state index in [0.717, 1.165) is 12.1 Å². The summed E-state index contributed by atoms with van der Waals surface area (Å²) in [4.78, 5) is 0. The van der Waals surface area contributed by atoms with E-state index >= 15 is 0 Å². The maximum Gasteiger partial charge on any atom is 0.129 e. The average Bonchev–Trinajstić information content (AvgIpc) is 2.42. The summed E-state index contributed by atoms with van der Waals surface area (Å²) in [5, 5.41) is 10.4. The van der Waals surface area contributed by atoms with Crippen LogP contribution in [0.1, 0.15) is 5.56 Å². The molecule has 2 aromatic rings. The first-order chi connectivity index (χ1) is 9.56. The third-order valence-corrected chi connectivity index (χ3v) is 3.01. The fourth-order valence-electron chi connectivity index (χ4n) is 1.75. The molecule has 106 valence electrons. The van der Waals surface area contributed by atoms with Crippen LogP contribution in [0.15, 0.2) is 42.5 Å². The quantitative estimate of drug-likeness (QED) is 0.914. The van der Waals surface area contributed by atoms with Crippen molar-refractivity contribution in [2.24, 2.45) is 0 Å². The lowest BCUT2D eigenvalue weighted by Crippen LogP contribution is -2.21. The Hall–Kier alpha value is -1.65. The molecule has 2 rings (SSSR count). The summed E-state index contributed by atoms with van der Waals surface area (Å²) in [5.74, 6) is -0.812. The van der Waals surface area contributed by atoms with E-state index in [1.54, 1.807) is 24.3 Å². The van der Waals surface area contributed by atoms with E-state index in [4.69, 9.17) is 16.3 Å². The number of hydrogen-bond donors (Lipinski definition) is 1. The molecule has 0 heterocycles. The highest BCUT2D eigenvalue weighted by molar-refractivity contribution is 6.30. The number of ether oxygens (including phenoxy) is 1. The van der Waals surface area contributed by atoms with Gasteiger partial charge >= 0.3 is 0 Å². The number of halogens is 3. The second-order valence-electron chi connectivity index (χ2n) is 4.32. The van der Waals surface area contributed by atoms with Crippen LogP contribution in [-0.4, -0.2) is 17.8 Å². The zero-order valence-electron chi connectivity index (χ0n) is 10.5. The monoisotopic (exact) mass is 298 g/mol. The smallest absolute Gasteiger partial charge is 0.129 e. The van der Waals surface area contributed by atoms with Crippen molar-refractivity contribution in [3.63, 3.8) is 0 Å². The van der Waals surface area contributed by atoms with Gasteiger partial charge in [-0.1, -0.05) is 17.7 Å². The zero-order valence-corrected chi connectivity index (χ0v) is 11.3. The molecule has 0 saturated carbocycles. The maximum atomic E-state index is 13.4. The summed E-state index contributed by atoms with van der Waals surface area (Å²) >= 11 is 5.73. The molecule has 0 bridgehead atoms. The molecule has 1 N–H and O–H groups in total. The first kappa shape index (κ1) is 14.8. The summed E-state index contributed by atoms with van der Waals surface area (Å²) in [5.41, 5.74) is -0.139. The maximum absolute atomic E-state index is 13.4. The number of aliphatic hydroxyl groups excluding tert-OH is 1. The molecule has 20 heavy (non-hydrogen) atoms. The zero-order chi connectivity index (χ0) is 14.5. The number of rotatable bonds is 5. The lowest BCUT2D eigenvalue weighted by Gasteiger charge is -2.13. The van der Waals surface area contributed by atoms with Crippen molar-refractivity contribution < 1.29 is 18.6 Å². The highest BCUT2D eigenvalue weighted by Crippen LogP contribution is 2.17. The van der Waals surface area contributed by atoms with Gasteiger partial charge in [0.15, 0.2) is 0 Å². The summed E-state index contributed by atoms with van der Waals surface area (Å²) in [6.07, 6.45) is -1.15. The molecular weight excluding hydrogens is 286 g/mol. The van der Waals surface area contributed by atoms with Gasteiger partial charge in [0.25, 0.3) is 0 Å². The van der Waals surface area contributed by atoms with E-state index in [0.29, 0.717) is 10.8 Å². The molecule has 0 amide bonds. The minimum atomic E-state index is -1.00. The molecule has 0 saturated heterocycles. The van der Waals surface area contributed by atoms with Crippen LogP contribution >= 0.6 is 11.6 Å². The van der Waals surface area contributed by atoms with Crippen molar-refractivity contribution in [3.8, 4) is 5.75 Å². The Morgan fingerprint density at radius 2 is 1.65 bits per heavy atom. The first-order valence-electron chi connectivity index (χ1n) is 6.05. The molecule has 0 aliphatic rings. The van der Waals surface area contributed by atoms with Crippen LogP contribution in [0.4, 0.5) is 8.78 Å². The predicted octanol–water partition coefficient (Wildman–Crippen LogP) is 3.60. The van der Waals surface area contributed by atoms with E-state index in [-0.39, 0.29) is 18.6 Å². The molecule has 1 unspecified atom stereocenters. The summed E-state index contributed by atoms with van der Waals surface area (Å²) in [7, 11) is 0. The van der Waals surface area contributed by atoms with Crippen molar-refractivity contribution in [2.45, 2.75) is 12.5 Å². The van der Waals surface area contributed by atoms with Crippen LogP contribution in [0, 0.1) is 11.6 Å². The van der Waals surface area contributed by atoms with Crippen molar-refractivity contribution >= 4 is 11.6 Å². The number of aliphatic hydroxyl groups is 1. The van der Waals surface area contributed by atoms with Crippen LogP contribution < -0.4 is 4.74 Å². The van der Waals surface area contributed by atoms with Gasteiger partial charge in [-0.25, -0.2) is 8.78 Å². The van der Waals surface area contributed by atoms with Crippen molar-refractivity contribution in [1.82, 2.24) is 0 Å². The van der Waals surface area contributed by atoms with Gasteiger partial charge in [-0.3, -0.25) is 0 Å². The minimum absolute atomic E-state index is 0.0601. The van der Waals surface area contributed by atoms with Crippen LogP contribution in [0.3, 0.4) is 0 Å². The normalized spacial score (nSPS) is 12.2. The fraction of sp³-hybridized carbons (Fsp3) is 0.200. The summed E-state index contributed by atoms with van der Waals surface area (Å²) < 4.78 is 32.1. The van der Waals surface area contributed by atoms with E-state index in [1.165, 1.54) is 6.07 Å². The predicted molar refractivity (Wildman–Crippen MR) is 73.0 cm³/mol.